The van der Waals surface area contributed by atoms with Gasteiger partial charge in [-0.05, 0) is 38.0 Å². The molecule has 1 heterocycles. The zero-order valence-corrected chi connectivity index (χ0v) is 14.7. The number of nitrogens with two attached hydrogens (primary N) is 1. The molecule has 1 aromatic heterocycles. The quantitative estimate of drug-likeness (QED) is 0.878. The van der Waals surface area contributed by atoms with Crippen LogP contribution in [0.1, 0.15) is 37.4 Å². The fourth-order valence-electron chi connectivity index (χ4n) is 2.19. The molecule has 2 N–H and O–H groups in total. The number of rotatable bonds is 5. The van der Waals surface area contributed by atoms with Crippen molar-refractivity contribution < 1.29 is 4.21 Å². The van der Waals surface area contributed by atoms with E-state index >= 15 is 0 Å². The van der Waals surface area contributed by atoms with Crippen molar-refractivity contribution in [3.8, 4) is 0 Å². The predicted molar refractivity (Wildman–Crippen MR) is 88.0 cm³/mol. The third kappa shape index (κ3) is 3.99. The van der Waals surface area contributed by atoms with E-state index in [-0.39, 0.29) is 5.92 Å². The van der Waals surface area contributed by atoms with Gasteiger partial charge < -0.3 is 0 Å². The van der Waals surface area contributed by atoms with Crippen LogP contribution in [0.2, 0.25) is 0 Å². The molecule has 0 fully saturated rings. The Hall–Kier alpha value is -1.05. The summed E-state index contributed by atoms with van der Waals surface area (Å²) in [5, 5.41) is 13.9. The summed E-state index contributed by atoms with van der Waals surface area (Å²) in [5.74, 6) is 0.00861. The van der Waals surface area contributed by atoms with Crippen molar-refractivity contribution in [2.24, 2.45) is 12.2 Å². The molecule has 0 saturated carbocycles. The Labute approximate surface area is 135 Å². The lowest BCUT2D eigenvalue weighted by Gasteiger charge is -2.26. The largest absolute Gasteiger partial charge is 0.255 e. The third-order valence-electron chi connectivity index (χ3n) is 3.49. The molecule has 7 heteroatoms. The summed E-state index contributed by atoms with van der Waals surface area (Å²) in [6.07, 6.45) is 2.53. The molecule has 0 aliphatic rings. The van der Waals surface area contributed by atoms with E-state index in [2.05, 4.69) is 26.2 Å². The van der Waals surface area contributed by atoms with Crippen LogP contribution in [-0.2, 0) is 18.0 Å². The van der Waals surface area contributed by atoms with E-state index in [4.69, 9.17) is 5.14 Å². The number of halogens is 1. The predicted octanol–water partition coefficient (Wildman–Crippen LogP) is 2.50. The van der Waals surface area contributed by atoms with E-state index in [0.29, 0.717) is 6.42 Å². The van der Waals surface area contributed by atoms with Crippen molar-refractivity contribution in [2.75, 3.05) is 0 Å². The summed E-state index contributed by atoms with van der Waals surface area (Å²) in [4.78, 5) is 0. The van der Waals surface area contributed by atoms with E-state index in [0.717, 1.165) is 15.7 Å². The van der Waals surface area contributed by atoms with Crippen LogP contribution in [0, 0.1) is 0 Å². The lowest BCUT2D eigenvalue weighted by Crippen LogP contribution is -2.34. The highest BCUT2D eigenvalue weighted by Crippen LogP contribution is 2.33. The highest BCUT2D eigenvalue weighted by molar-refractivity contribution is 9.10. The summed E-state index contributed by atoms with van der Waals surface area (Å²) >= 11 is 3.44. The zero-order chi connectivity index (χ0) is 15.6. The van der Waals surface area contributed by atoms with Gasteiger partial charge in [0, 0.05) is 23.6 Å². The average molecular weight is 371 g/mol. The molecule has 0 saturated heterocycles. The zero-order valence-electron chi connectivity index (χ0n) is 12.3. The molecule has 0 bridgehead atoms. The smallest absolute Gasteiger partial charge is 0.0945 e. The molecular formula is C14H19BrN4OS. The molecule has 0 amide bonds. The van der Waals surface area contributed by atoms with Gasteiger partial charge in [0.1, 0.15) is 0 Å². The van der Waals surface area contributed by atoms with Crippen molar-refractivity contribution >= 4 is 26.9 Å². The van der Waals surface area contributed by atoms with Crippen LogP contribution >= 0.6 is 15.9 Å². The monoisotopic (exact) mass is 370 g/mol. The maximum atomic E-state index is 11.8. The molecule has 0 aliphatic heterocycles. The van der Waals surface area contributed by atoms with Gasteiger partial charge in [0.15, 0.2) is 0 Å². The summed E-state index contributed by atoms with van der Waals surface area (Å²) in [6.45, 7) is 3.82. The molecule has 2 atom stereocenters. The minimum atomic E-state index is -1.41. The number of hydrogen-bond donors (Lipinski definition) is 1. The lowest BCUT2D eigenvalue weighted by molar-refractivity contribution is 0.549. The van der Waals surface area contributed by atoms with Gasteiger partial charge in [0.25, 0.3) is 0 Å². The fourth-order valence-corrected chi connectivity index (χ4v) is 2.78. The van der Waals surface area contributed by atoms with Crippen LogP contribution in [0.5, 0.6) is 0 Å². The van der Waals surface area contributed by atoms with E-state index < -0.39 is 15.7 Å². The molecule has 1 aromatic carbocycles. The molecule has 0 aliphatic carbocycles. The van der Waals surface area contributed by atoms with Crippen molar-refractivity contribution in [2.45, 2.75) is 30.9 Å². The number of aryl methyl sites for hydroxylation is 1. The molecule has 2 rings (SSSR count). The molecule has 114 valence electrons. The van der Waals surface area contributed by atoms with Gasteiger partial charge in [-0.3, -0.25) is 9.82 Å². The number of hydrogen-bond acceptors (Lipinski definition) is 3. The first kappa shape index (κ1) is 16.3. The van der Waals surface area contributed by atoms with Crippen molar-refractivity contribution in [1.29, 1.82) is 0 Å². The van der Waals surface area contributed by atoms with Crippen LogP contribution in [0.25, 0.3) is 0 Å². The molecule has 5 nitrogen and oxygen atoms in total. The Morgan fingerprint density at radius 2 is 2.00 bits per heavy atom. The maximum absolute atomic E-state index is 11.8. The minimum Gasteiger partial charge on any atom is -0.255 e. The Balaban J connectivity index is 2.39. The van der Waals surface area contributed by atoms with E-state index in [1.54, 1.807) is 4.68 Å². The lowest BCUT2D eigenvalue weighted by atomic mass is 9.87. The highest BCUT2D eigenvalue weighted by atomic mass is 79.9. The van der Waals surface area contributed by atoms with Crippen molar-refractivity contribution in [3.05, 3.63) is 46.2 Å². The first-order valence-corrected chi connectivity index (χ1v) is 8.58. The molecule has 0 radical (unpaired) electrons. The van der Waals surface area contributed by atoms with E-state index in [1.165, 1.54) is 0 Å². The first-order valence-electron chi connectivity index (χ1n) is 6.57. The third-order valence-corrected chi connectivity index (χ3v) is 5.27. The van der Waals surface area contributed by atoms with Gasteiger partial charge in [0.2, 0.25) is 0 Å². The topological polar surface area (TPSA) is 73.8 Å². The highest BCUT2D eigenvalue weighted by Gasteiger charge is 2.31. The second-order valence-corrected chi connectivity index (χ2v) is 8.30. The Bertz CT molecular complexity index is 639. The van der Waals surface area contributed by atoms with Crippen LogP contribution in [0.4, 0.5) is 0 Å². The van der Waals surface area contributed by atoms with Crippen molar-refractivity contribution in [1.82, 2.24) is 15.0 Å². The second-order valence-electron chi connectivity index (χ2n) is 5.68. The Kier molecular flexibility index (Phi) is 4.95. The van der Waals surface area contributed by atoms with Crippen LogP contribution in [-0.4, -0.2) is 23.9 Å². The number of nitrogens with zero attached hydrogens (tertiary/aromatic N) is 3. The number of benzene rings is 1. The van der Waals surface area contributed by atoms with Gasteiger partial charge in [-0.15, -0.1) is 5.10 Å². The van der Waals surface area contributed by atoms with E-state index in [1.807, 2.05) is 51.4 Å². The van der Waals surface area contributed by atoms with Gasteiger partial charge >= 0.3 is 0 Å². The summed E-state index contributed by atoms with van der Waals surface area (Å²) in [7, 11) is 0.429. The summed E-state index contributed by atoms with van der Waals surface area (Å²) in [5.41, 5.74) is 1.97. The van der Waals surface area contributed by atoms with Gasteiger partial charge in [-0.1, -0.05) is 33.3 Å². The molecule has 0 spiro atoms. The summed E-state index contributed by atoms with van der Waals surface area (Å²) in [6, 6.07) is 8.06. The SMILES string of the molecule is Cn1cc([C@@H](CC(C)(C)S(N)=O)c2ccc(Br)cc2)nn1. The minimum absolute atomic E-state index is 0.00861. The first-order chi connectivity index (χ1) is 9.79. The van der Waals surface area contributed by atoms with Crippen LogP contribution < -0.4 is 5.14 Å². The van der Waals surface area contributed by atoms with Gasteiger partial charge in [-0.25, -0.2) is 4.21 Å². The van der Waals surface area contributed by atoms with Crippen LogP contribution in [0.3, 0.4) is 0 Å². The molecule has 2 aromatic rings. The average Bonchev–Trinajstić information content (AvgIpc) is 2.83. The van der Waals surface area contributed by atoms with Crippen LogP contribution in [0.15, 0.2) is 34.9 Å². The summed E-state index contributed by atoms with van der Waals surface area (Å²) < 4.78 is 14.0. The fraction of sp³-hybridized carbons (Fsp3) is 0.429. The Morgan fingerprint density at radius 3 is 2.48 bits per heavy atom. The molecule has 1 unspecified atom stereocenters. The van der Waals surface area contributed by atoms with Gasteiger partial charge in [-0.2, -0.15) is 0 Å². The molecular weight excluding hydrogens is 352 g/mol. The van der Waals surface area contributed by atoms with Gasteiger partial charge in [0.05, 0.1) is 21.4 Å². The maximum Gasteiger partial charge on any atom is 0.0945 e. The Morgan fingerprint density at radius 1 is 1.38 bits per heavy atom. The standard InChI is InChI=1S/C14H19BrN4OS/c1-14(2,21(16)20)8-12(13-9-19(3)18-17-13)10-4-6-11(15)7-5-10/h4-7,9,12H,8,16H2,1-3H3/t12-,21?/m0/s1. The molecule has 21 heavy (non-hydrogen) atoms. The number of aromatic nitrogens is 3. The second kappa shape index (κ2) is 6.37. The van der Waals surface area contributed by atoms with E-state index in [9.17, 15) is 4.21 Å². The normalized spacial score (nSPS) is 14.9. The van der Waals surface area contributed by atoms with Crippen molar-refractivity contribution in [3.63, 3.8) is 0 Å².